The number of fused-ring (bicyclic) bond motifs is 1. The molecule has 1 saturated heterocycles. The van der Waals surface area contributed by atoms with Crippen LogP contribution >= 0.6 is 0 Å². The summed E-state index contributed by atoms with van der Waals surface area (Å²) in [6, 6.07) is 11.7. The van der Waals surface area contributed by atoms with Crippen LogP contribution in [0.25, 0.3) is 10.9 Å². The van der Waals surface area contributed by atoms with Crippen molar-refractivity contribution in [3.63, 3.8) is 0 Å². The van der Waals surface area contributed by atoms with Crippen molar-refractivity contribution in [2.45, 2.75) is 25.4 Å². The SMILES string of the molecule is CC(c1ccc(Nc2nn(C3COCCC3C#N)c3cc[nH]c(=O)c23)cc1)n1nccn1. The van der Waals surface area contributed by atoms with Gasteiger partial charge in [0.1, 0.15) is 5.39 Å². The first-order chi connectivity index (χ1) is 15.7. The van der Waals surface area contributed by atoms with Gasteiger partial charge in [0, 0.05) is 18.5 Å². The highest BCUT2D eigenvalue weighted by Crippen LogP contribution is 2.32. The Labute approximate surface area is 183 Å². The molecule has 3 atom stereocenters. The molecule has 0 bridgehead atoms. The third kappa shape index (κ3) is 3.52. The summed E-state index contributed by atoms with van der Waals surface area (Å²) < 4.78 is 7.36. The van der Waals surface area contributed by atoms with Gasteiger partial charge in [-0.1, -0.05) is 12.1 Å². The second-order valence-electron chi connectivity index (χ2n) is 7.80. The molecule has 1 aliphatic heterocycles. The molecule has 0 radical (unpaired) electrons. The van der Waals surface area contributed by atoms with Gasteiger partial charge >= 0.3 is 0 Å². The smallest absolute Gasteiger partial charge is 0.261 e. The minimum atomic E-state index is -0.251. The summed E-state index contributed by atoms with van der Waals surface area (Å²) in [6.07, 6.45) is 5.54. The maximum atomic E-state index is 12.6. The summed E-state index contributed by atoms with van der Waals surface area (Å²) in [4.78, 5) is 17.0. The number of anilines is 2. The first-order valence-corrected chi connectivity index (χ1v) is 10.5. The van der Waals surface area contributed by atoms with Gasteiger partial charge in [0.25, 0.3) is 5.56 Å². The monoisotopic (exact) mass is 430 g/mol. The number of rotatable bonds is 5. The van der Waals surface area contributed by atoms with Crippen molar-refractivity contribution in [1.82, 2.24) is 29.8 Å². The zero-order valence-electron chi connectivity index (χ0n) is 17.5. The zero-order valence-corrected chi connectivity index (χ0v) is 17.5. The molecule has 2 N–H and O–H groups in total. The highest BCUT2D eigenvalue weighted by molar-refractivity contribution is 5.91. The van der Waals surface area contributed by atoms with Gasteiger partial charge in [0.2, 0.25) is 0 Å². The van der Waals surface area contributed by atoms with Crippen LogP contribution in [0.15, 0.2) is 53.7 Å². The van der Waals surface area contributed by atoms with Crippen molar-refractivity contribution < 1.29 is 4.74 Å². The molecule has 0 spiro atoms. The van der Waals surface area contributed by atoms with E-state index in [2.05, 4.69) is 26.6 Å². The van der Waals surface area contributed by atoms with E-state index in [1.807, 2.05) is 31.2 Å². The fourth-order valence-electron chi connectivity index (χ4n) is 4.10. The van der Waals surface area contributed by atoms with Gasteiger partial charge in [-0.3, -0.25) is 9.48 Å². The van der Waals surface area contributed by atoms with Crippen LogP contribution in [0.1, 0.15) is 31.0 Å². The number of hydrogen-bond donors (Lipinski definition) is 2. The van der Waals surface area contributed by atoms with Crippen LogP contribution in [0.5, 0.6) is 0 Å². The number of benzene rings is 1. The molecular formula is C22H22N8O2. The Morgan fingerprint density at radius 2 is 2.03 bits per heavy atom. The Kier molecular flexibility index (Phi) is 5.17. The number of nitriles is 1. The lowest BCUT2D eigenvalue weighted by atomic mass is 9.96. The fraction of sp³-hybridized carbons (Fsp3) is 0.318. The summed E-state index contributed by atoms with van der Waals surface area (Å²) >= 11 is 0. The molecule has 0 amide bonds. The van der Waals surface area contributed by atoms with Crippen molar-refractivity contribution in [2.24, 2.45) is 5.92 Å². The molecule has 1 aromatic carbocycles. The number of pyridine rings is 1. The van der Waals surface area contributed by atoms with E-state index in [0.29, 0.717) is 36.4 Å². The Morgan fingerprint density at radius 3 is 2.78 bits per heavy atom. The molecule has 0 aliphatic carbocycles. The van der Waals surface area contributed by atoms with Crippen LogP contribution in [0.2, 0.25) is 0 Å². The number of nitrogens with one attached hydrogen (secondary N) is 2. The molecule has 4 aromatic rings. The lowest BCUT2D eigenvalue weighted by Gasteiger charge is -2.27. The summed E-state index contributed by atoms with van der Waals surface area (Å²) in [5, 5.41) is 26.4. The third-order valence-electron chi connectivity index (χ3n) is 5.88. The summed E-state index contributed by atoms with van der Waals surface area (Å²) in [5.41, 5.74) is 2.27. The molecule has 1 fully saturated rings. The largest absolute Gasteiger partial charge is 0.379 e. The van der Waals surface area contributed by atoms with Gasteiger partial charge in [-0.15, -0.1) is 0 Å². The van der Waals surface area contributed by atoms with E-state index >= 15 is 0 Å². The standard InChI is InChI=1S/C22H22N8O2/c1-14(30-25-9-10-26-30)15-2-4-17(5-3-15)27-21-20-18(6-8-24-22(20)31)29(28-21)19-13-32-11-7-16(19)12-23/h2-6,8-10,14,16,19H,7,11,13H2,1H3,(H,24,31)(H,27,28). The van der Waals surface area contributed by atoms with E-state index in [-0.39, 0.29) is 23.6 Å². The molecule has 32 heavy (non-hydrogen) atoms. The lowest BCUT2D eigenvalue weighted by Crippen LogP contribution is -2.30. The molecule has 10 heteroatoms. The van der Waals surface area contributed by atoms with Crippen molar-refractivity contribution >= 4 is 22.4 Å². The maximum absolute atomic E-state index is 12.6. The van der Waals surface area contributed by atoms with Crippen LogP contribution in [0, 0.1) is 17.2 Å². The van der Waals surface area contributed by atoms with Crippen molar-refractivity contribution in [2.75, 3.05) is 18.5 Å². The normalized spacial score (nSPS) is 19.5. The second kappa shape index (κ2) is 8.28. The first-order valence-electron chi connectivity index (χ1n) is 10.5. The number of aromatic amines is 1. The fourth-order valence-corrected chi connectivity index (χ4v) is 4.10. The number of H-pyrrole nitrogens is 1. The molecular weight excluding hydrogens is 408 g/mol. The van der Waals surface area contributed by atoms with Crippen molar-refractivity contribution in [3.05, 3.63) is 64.8 Å². The van der Waals surface area contributed by atoms with Crippen LogP contribution in [0.4, 0.5) is 11.5 Å². The molecule has 162 valence electrons. The van der Waals surface area contributed by atoms with Crippen LogP contribution in [0.3, 0.4) is 0 Å². The van der Waals surface area contributed by atoms with Crippen molar-refractivity contribution in [3.8, 4) is 6.07 Å². The maximum Gasteiger partial charge on any atom is 0.261 e. The number of hydrogen-bond acceptors (Lipinski definition) is 7. The third-order valence-corrected chi connectivity index (χ3v) is 5.88. The van der Waals surface area contributed by atoms with E-state index < -0.39 is 0 Å². The van der Waals surface area contributed by atoms with E-state index in [0.717, 1.165) is 11.3 Å². The van der Waals surface area contributed by atoms with Gasteiger partial charge in [-0.2, -0.15) is 25.4 Å². The molecule has 0 saturated carbocycles. The molecule has 3 unspecified atom stereocenters. The average molecular weight is 430 g/mol. The van der Waals surface area contributed by atoms with E-state index in [1.54, 1.807) is 34.1 Å². The Bertz CT molecular complexity index is 1320. The van der Waals surface area contributed by atoms with Crippen LogP contribution in [-0.4, -0.2) is 43.0 Å². The quantitative estimate of drug-likeness (QED) is 0.498. The summed E-state index contributed by atoms with van der Waals surface area (Å²) in [6.45, 7) is 2.96. The van der Waals surface area contributed by atoms with Crippen LogP contribution in [-0.2, 0) is 4.74 Å². The number of aromatic nitrogens is 6. The Morgan fingerprint density at radius 1 is 1.25 bits per heavy atom. The molecule has 4 heterocycles. The summed E-state index contributed by atoms with van der Waals surface area (Å²) in [7, 11) is 0. The predicted molar refractivity (Wildman–Crippen MR) is 117 cm³/mol. The number of nitrogens with zero attached hydrogens (tertiary/aromatic N) is 6. The zero-order chi connectivity index (χ0) is 22.1. The van der Waals surface area contributed by atoms with Gasteiger partial charge in [0.15, 0.2) is 5.82 Å². The molecule has 1 aliphatic rings. The topological polar surface area (TPSA) is 126 Å². The highest BCUT2D eigenvalue weighted by atomic mass is 16.5. The minimum Gasteiger partial charge on any atom is -0.379 e. The van der Waals surface area contributed by atoms with Gasteiger partial charge < -0.3 is 15.0 Å². The molecule has 3 aromatic heterocycles. The van der Waals surface area contributed by atoms with Crippen molar-refractivity contribution in [1.29, 1.82) is 5.26 Å². The summed E-state index contributed by atoms with van der Waals surface area (Å²) in [5.74, 6) is 0.217. The Hall–Kier alpha value is -3.97. The van der Waals surface area contributed by atoms with E-state index in [4.69, 9.17) is 9.84 Å². The average Bonchev–Trinajstić information content (AvgIpc) is 3.48. The second-order valence-corrected chi connectivity index (χ2v) is 7.80. The molecule has 5 rings (SSSR count). The predicted octanol–water partition coefficient (Wildman–Crippen LogP) is 2.77. The van der Waals surface area contributed by atoms with Gasteiger partial charge in [-0.25, -0.2) is 0 Å². The van der Waals surface area contributed by atoms with E-state index in [9.17, 15) is 10.1 Å². The van der Waals surface area contributed by atoms with E-state index in [1.165, 1.54) is 0 Å². The highest BCUT2D eigenvalue weighted by Gasteiger charge is 2.30. The lowest BCUT2D eigenvalue weighted by molar-refractivity contribution is 0.0359. The number of ether oxygens (including phenoxy) is 1. The van der Waals surface area contributed by atoms with Gasteiger partial charge in [-0.05, 0) is 37.1 Å². The first kappa shape index (κ1) is 20.0. The minimum absolute atomic E-state index is 0.00357. The Balaban J connectivity index is 1.48. The van der Waals surface area contributed by atoms with Gasteiger partial charge in [0.05, 0.1) is 48.6 Å². The van der Waals surface area contributed by atoms with Crippen LogP contribution < -0.4 is 10.9 Å². The molecule has 10 nitrogen and oxygen atoms in total.